The van der Waals surface area contributed by atoms with Crippen LogP contribution in [-0.2, 0) is 4.79 Å². The normalized spacial score (nSPS) is 10.8. The zero-order valence-corrected chi connectivity index (χ0v) is 10.9. The van der Waals surface area contributed by atoms with Gasteiger partial charge >= 0.3 is 0 Å². The lowest BCUT2D eigenvalue weighted by atomic mass is 10.2. The molecule has 0 bridgehead atoms. The predicted octanol–water partition coefficient (Wildman–Crippen LogP) is 2.20. The quantitative estimate of drug-likeness (QED) is 0.751. The van der Waals surface area contributed by atoms with Gasteiger partial charge in [0.15, 0.2) is 5.13 Å². The average molecular weight is 241 g/mol. The molecule has 4 nitrogen and oxygen atoms in total. The standard InChI is InChI=1S/C11H19N3OS/c1-4-5-12-6-10(15)14-11-13-9(7-16-11)8(2)3/h7-8,12H,4-6H2,1-3H3,(H,13,14,15). The highest BCUT2D eigenvalue weighted by Gasteiger charge is 2.07. The Morgan fingerprint density at radius 2 is 2.31 bits per heavy atom. The van der Waals surface area contributed by atoms with Gasteiger partial charge in [-0.25, -0.2) is 4.98 Å². The highest BCUT2D eigenvalue weighted by molar-refractivity contribution is 7.13. The fourth-order valence-corrected chi connectivity index (χ4v) is 2.04. The van der Waals surface area contributed by atoms with Crippen LogP contribution in [0.5, 0.6) is 0 Å². The van der Waals surface area contributed by atoms with E-state index in [0.29, 0.717) is 17.6 Å². The number of rotatable bonds is 6. The highest BCUT2D eigenvalue weighted by Crippen LogP contribution is 2.21. The molecule has 0 saturated carbocycles. The van der Waals surface area contributed by atoms with Crippen molar-refractivity contribution in [2.24, 2.45) is 0 Å². The van der Waals surface area contributed by atoms with E-state index in [4.69, 9.17) is 0 Å². The van der Waals surface area contributed by atoms with E-state index in [1.54, 1.807) is 0 Å². The van der Waals surface area contributed by atoms with Crippen LogP contribution in [0.1, 0.15) is 38.8 Å². The van der Waals surface area contributed by atoms with E-state index < -0.39 is 0 Å². The molecule has 0 atom stereocenters. The van der Waals surface area contributed by atoms with Crippen LogP contribution in [0.3, 0.4) is 0 Å². The predicted molar refractivity (Wildman–Crippen MR) is 68.0 cm³/mol. The molecule has 0 unspecified atom stereocenters. The molecule has 0 aliphatic carbocycles. The fraction of sp³-hybridized carbons (Fsp3) is 0.636. The highest BCUT2D eigenvalue weighted by atomic mass is 32.1. The summed E-state index contributed by atoms with van der Waals surface area (Å²) in [6.07, 6.45) is 1.03. The Kier molecular flexibility index (Phi) is 5.42. The first-order chi connectivity index (χ1) is 7.63. The molecule has 2 N–H and O–H groups in total. The molecule has 0 aliphatic rings. The number of hydrogen-bond donors (Lipinski definition) is 2. The maximum atomic E-state index is 11.5. The van der Waals surface area contributed by atoms with Crippen LogP contribution in [0, 0.1) is 0 Å². The van der Waals surface area contributed by atoms with E-state index in [9.17, 15) is 4.79 Å². The second-order valence-electron chi connectivity index (χ2n) is 3.96. The summed E-state index contributed by atoms with van der Waals surface area (Å²) >= 11 is 1.47. The summed E-state index contributed by atoms with van der Waals surface area (Å²) < 4.78 is 0. The Morgan fingerprint density at radius 1 is 1.56 bits per heavy atom. The van der Waals surface area contributed by atoms with Gasteiger partial charge in [-0.05, 0) is 18.9 Å². The maximum Gasteiger partial charge on any atom is 0.240 e. The first-order valence-electron chi connectivity index (χ1n) is 5.59. The van der Waals surface area contributed by atoms with Gasteiger partial charge in [-0.1, -0.05) is 20.8 Å². The number of aromatic nitrogens is 1. The van der Waals surface area contributed by atoms with Crippen LogP contribution in [0.4, 0.5) is 5.13 Å². The molecule has 1 heterocycles. The van der Waals surface area contributed by atoms with Crippen molar-refractivity contribution in [1.29, 1.82) is 0 Å². The van der Waals surface area contributed by atoms with Gasteiger partial charge in [-0.3, -0.25) is 4.79 Å². The van der Waals surface area contributed by atoms with Gasteiger partial charge < -0.3 is 10.6 Å². The van der Waals surface area contributed by atoms with E-state index in [1.807, 2.05) is 5.38 Å². The number of amides is 1. The summed E-state index contributed by atoms with van der Waals surface area (Å²) in [5, 5.41) is 8.50. The third-order valence-electron chi connectivity index (χ3n) is 2.07. The molecule has 1 amide bonds. The van der Waals surface area contributed by atoms with Crippen LogP contribution in [0.15, 0.2) is 5.38 Å². The molecule has 5 heteroatoms. The smallest absolute Gasteiger partial charge is 0.240 e. The van der Waals surface area contributed by atoms with Crippen molar-refractivity contribution in [3.05, 3.63) is 11.1 Å². The zero-order chi connectivity index (χ0) is 12.0. The van der Waals surface area contributed by atoms with E-state index in [2.05, 4.69) is 36.4 Å². The molecular formula is C11H19N3OS. The lowest BCUT2D eigenvalue weighted by Crippen LogP contribution is -2.28. The third-order valence-corrected chi connectivity index (χ3v) is 2.85. The summed E-state index contributed by atoms with van der Waals surface area (Å²) in [5.74, 6) is 0.373. The molecule has 1 rings (SSSR count). The van der Waals surface area contributed by atoms with Crippen LogP contribution >= 0.6 is 11.3 Å². The SMILES string of the molecule is CCCNCC(=O)Nc1nc(C(C)C)cs1. The Morgan fingerprint density at radius 3 is 2.88 bits per heavy atom. The molecule has 1 aromatic rings. The molecule has 0 spiro atoms. The fourth-order valence-electron chi connectivity index (χ4n) is 1.15. The number of thiazole rings is 1. The van der Waals surface area contributed by atoms with Crippen LogP contribution in [0.2, 0.25) is 0 Å². The summed E-state index contributed by atoms with van der Waals surface area (Å²) in [4.78, 5) is 15.8. The van der Waals surface area contributed by atoms with Crippen molar-refractivity contribution in [3.8, 4) is 0 Å². The van der Waals surface area contributed by atoms with Gasteiger partial charge in [0, 0.05) is 5.38 Å². The van der Waals surface area contributed by atoms with E-state index in [0.717, 1.165) is 18.7 Å². The van der Waals surface area contributed by atoms with Crippen molar-refractivity contribution in [2.45, 2.75) is 33.1 Å². The minimum atomic E-state index is -0.0295. The average Bonchev–Trinajstić information content (AvgIpc) is 2.66. The number of hydrogen-bond acceptors (Lipinski definition) is 4. The lowest BCUT2D eigenvalue weighted by Gasteiger charge is -2.02. The molecule has 1 aromatic heterocycles. The number of carbonyl (C=O) groups excluding carboxylic acids is 1. The molecule has 0 radical (unpaired) electrons. The zero-order valence-electron chi connectivity index (χ0n) is 10.0. The van der Waals surface area contributed by atoms with Gasteiger partial charge in [0.2, 0.25) is 5.91 Å². The van der Waals surface area contributed by atoms with Gasteiger partial charge in [-0.15, -0.1) is 11.3 Å². The Labute approximate surface area is 100 Å². The molecule has 0 saturated heterocycles. The Balaban J connectivity index is 2.37. The monoisotopic (exact) mass is 241 g/mol. The van der Waals surface area contributed by atoms with Crippen LogP contribution in [0.25, 0.3) is 0 Å². The number of nitrogens with zero attached hydrogens (tertiary/aromatic N) is 1. The number of nitrogens with one attached hydrogen (secondary N) is 2. The number of anilines is 1. The first kappa shape index (κ1) is 13.1. The number of carbonyl (C=O) groups is 1. The van der Waals surface area contributed by atoms with E-state index in [1.165, 1.54) is 11.3 Å². The van der Waals surface area contributed by atoms with E-state index >= 15 is 0 Å². The van der Waals surface area contributed by atoms with Crippen LogP contribution < -0.4 is 10.6 Å². The second-order valence-corrected chi connectivity index (χ2v) is 4.82. The molecule has 0 aliphatic heterocycles. The van der Waals surface area contributed by atoms with Crippen molar-refractivity contribution in [2.75, 3.05) is 18.4 Å². The minimum absolute atomic E-state index is 0.0295. The van der Waals surface area contributed by atoms with Crippen molar-refractivity contribution >= 4 is 22.4 Å². The lowest BCUT2D eigenvalue weighted by molar-refractivity contribution is -0.115. The molecule has 0 fully saturated rings. The third kappa shape index (κ3) is 4.28. The molecule has 90 valence electrons. The maximum absolute atomic E-state index is 11.5. The molecular weight excluding hydrogens is 222 g/mol. The van der Waals surface area contributed by atoms with Crippen molar-refractivity contribution in [3.63, 3.8) is 0 Å². The van der Waals surface area contributed by atoms with Crippen molar-refractivity contribution in [1.82, 2.24) is 10.3 Å². The summed E-state index contributed by atoms with van der Waals surface area (Å²) in [7, 11) is 0. The Hall–Kier alpha value is -0.940. The van der Waals surface area contributed by atoms with Crippen molar-refractivity contribution < 1.29 is 4.79 Å². The second kappa shape index (κ2) is 6.60. The summed E-state index contributed by atoms with van der Waals surface area (Å²) in [6.45, 7) is 7.46. The largest absolute Gasteiger partial charge is 0.308 e. The van der Waals surface area contributed by atoms with E-state index in [-0.39, 0.29) is 5.91 Å². The van der Waals surface area contributed by atoms with Gasteiger partial charge in [0.25, 0.3) is 0 Å². The van der Waals surface area contributed by atoms with Crippen LogP contribution in [-0.4, -0.2) is 24.0 Å². The molecule has 16 heavy (non-hydrogen) atoms. The summed E-state index contributed by atoms with van der Waals surface area (Å²) in [6, 6.07) is 0. The van der Waals surface area contributed by atoms with Gasteiger partial charge in [-0.2, -0.15) is 0 Å². The molecule has 0 aromatic carbocycles. The van der Waals surface area contributed by atoms with Gasteiger partial charge in [0.1, 0.15) is 0 Å². The first-order valence-corrected chi connectivity index (χ1v) is 6.47. The Bertz CT molecular complexity index is 336. The minimum Gasteiger partial charge on any atom is -0.308 e. The van der Waals surface area contributed by atoms with Gasteiger partial charge in [0.05, 0.1) is 12.2 Å². The topological polar surface area (TPSA) is 54.0 Å². The summed E-state index contributed by atoms with van der Waals surface area (Å²) in [5.41, 5.74) is 1.03.